The molecule has 1 heterocycles. The van der Waals surface area contributed by atoms with Gasteiger partial charge in [-0.3, -0.25) is 19.4 Å². The minimum Gasteiger partial charge on any atom is -0.481 e. The summed E-state index contributed by atoms with van der Waals surface area (Å²) in [6.07, 6.45) is 3.78. The van der Waals surface area contributed by atoms with E-state index in [1.54, 1.807) is 41.6 Å². The molecule has 0 spiro atoms. The van der Waals surface area contributed by atoms with Crippen molar-refractivity contribution < 1.29 is 19.5 Å². The summed E-state index contributed by atoms with van der Waals surface area (Å²) in [6, 6.07) is 26.3. The second-order valence-corrected chi connectivity index (χ2v) is 11.3. The average molecular weight is 564 g/mol. The van der Waals surface area contributed by atoms with E-state index in [0.29, 0.717) is 41.8 Å². The molecule has 0 atom stereocenters. The van der Waals surface area contributed by atoms with E-state index in [4.69, 9.17) is 0 Å². The molecule has 4 rings (SSSR count). The van der Waals surface area contributed by atoms with Crippen molar-refractivity contribution in [3.63, 3.8) is 0 Å². The van der Waals surface area contributed by atoms with Gasteiger partial charge in [0.15, 0.2) is 0 Å². The maximum absolute atomic E-state index is 13.9. The van der Waals surface area contributed by atoms with Gasteiger partial charge in [-0.15, -0.1) is 0 Å². The number of aliphatic carboxylic acids is 1. The van der Waals surface area contributed by atoms with Crippen LogP contribution in [0, 0.1) is 0 Å². The molecule has 4 aromatic rings. The summed E-state index contributed by atoms with van der Waals surface area (Å²) in [5, 5.41) is 12.3. The Hall–Kier alpha value is -4.78. The highest BCUT2D eigenvalue weighted by atomic mass is 16.4. The molecule has 1 aromatic heterocycles. The van der Waals surface area contributed by atoms with Gasteiger partial charge >= 0.3 is 5.97 Å². The van der Waals surface area contributed by atoms with Crippen molar-refractivity contribution in [2.45, 2.75) is 45.6 Å². The van der Waals surface area contributed by atoms with Crippen molar-refractivity contribution in [2.75, 3.05) is 13.1 Å². The molecule has 0 saturated carbocycles. The van der Waals surface area contributed by atoms with Crippen LogP contribution in [0.5, 0.6) is 0 Å². The summed E-state index contributed by atoms with van der Waals surface area (Å²) >= 11 is 0. The molecule has 0 unspecified atom stereocenters. The molecule has 0 bridgehead atoms. The normalized spacial score (nSPS) is 11.1. The van der Waals surface area contributed by atoms with Crippen LogP contribution in [0.4, 0.5) is 0 Å². The Morgan fingerprint density at radius 3 is 1.98 bits per heavy atom. The van der Waals surface area contributed by atoms with Gasteiger partial charge in [0.05, 0.1) is 6.42 Å². The highest BCUT2D eigenvalue weighted by Crippen LogP contribution is 2.29. The zero-order valence-electron chi connectivity index (χ0n) is 24.3. The molecule has 0 aliphatic heterocycles. The van der Waals surface area contributed by atoms with E-state index in [1.165, 1.54) is 5.56 Å². The van der Waals surface area contributed by atoms with Gasteiger partial charge in [0.2, 0.25) is 0 Å². The van der Waals surface area contributed by atoms with Crippen molar-refractivity contribution in [3.05, 3.63) is 125 Å². The van der Waals surface area contributed by atoms with Crippen LogP contribution < -0.4 is 5.32 Å². The Bertz CT molecular complexity index is 1530. The van der Waals surface area contributed by atoms with Crippen LogP contribution in [0.1, 0.15) is 64.6 Å². The Labute approximate surface area is 247 Å². The molecule has 7 heteroatoms. The summed E-state index contributed by atoms with van der Waals surface area (Å²) in [5.74, 6) is -1.50. The van der Waals surface area contributed by atoms with E-state index < -0.39 is 5.97 Å². The van der Waals surface area contributed by atoms with Crippen LogP contribution in [-0.2, 0) is 23.2 Å². The third-order valence-corrected chi connectivity index (χ3v) is 7.19. The van der Waals surface area contributed by atoms with Gasteiger partial charge in [-0.2, -0.15) is 0 Å². The summed E-state index contributed by atoms with van der Waals surface area (Å²) in [7, 11) is 0. The van der Waals surface area contributed by atoms with Gasteiger partial charge in [0.1, 0.15) is 0 Å². The number of hydrogen-bond donors (Lipinski definition) is 2. The number of carboxylic acid groups (broad SMARTS) is 1. The first-order valence-corrected chi connectivity index (χ1v) is 14.1. The lowest BCUT2D eigenvalue weighted by Crippen LogP contribution is -2.35. The highest BCUT2D eigenvalue weighted by molar-refractivity contribution is 6.06. The Kier molecular flexibility index (Phi) is 9.86. The lowest BCUT2D eigenvalue weighted by Gasteiger charge is -2.24. The number of hydrogen-bond acceptors (Lipinski definition) is 4. The smallest absolute Gasteiger partial charge is 0.305 e. The zero-order chi connectivity index (χ0) is 30.1. The van der Waals surface area contributed by atoms with Gasteiger partial charge in [-0.05, 0) is 63.9 Å². The largest absolute Gasteiger partial charge is 0.481 e. The molecule has 3 aromatic carbocycles. The molecular formula is C35H37N3O4. The Morgan fingerprint density at radius 2 is 1.36 bits per heavy atom. The van der Waals surface area contributed by atoms with Gasteiger partial charge in [-0.25, -0.2) is 0 Å². The molecule has 216 valence electrons. The van der Waals surface area contributed by atoms with Crippen LogP contribution in [-0.4, -0.2) is 45.9 Å². The Balaban J connectivity index is 1.57. The average Bonchev–Trinajstić information content (AvgIpc) is 2.99. The lowest BCUT2D eigenvalue weighted by molar-refractivity contribution is -0.137. The molecule has 0 aliphatic rings. The fraction of sp³-hybridized carbons (Fsp3) is 0.257. The van der Waals surface area contributed by atoms with Crippen LogP contribution in [0.3, 0.4) is 0 Å². The summed E-state index contributed by atoms with van der Waals surface area (Å²) in [6.45, 7) is 7.28. The number of aromatic nitrogens is 1. The Morgan fingerprint density at radius 1 is 0.762 bits per heavy atom. The predicted molar refractivity (Wildman–Crippen MR) is 164 cm³/mol. The molecule has 42 heavy (non-hydrogen) atoms. The monoisotopic (exact) mass is 563 g/mol. The summed E-state index contributed by atoms with van der Waals surface area (Å²) in [4.78, 5) is 44.3. The van der Waals surface area contributed by atoms with Crippen molar-refractivity contribution in [2.24, 2.45) is 0 Å². The van der Waals surface area contributed by atoms with E-state index in [2.05, 4.69) is 43.2 Å². The molecule has 2 N–H and O–H groups in total. The van der Waals surface area contributed by atoms with E-state index >= 15 is 0 Å². The number of carbonyl (C=O) groups is 3. The number of nitrogens with one attached hydrogen (secondary N) is 1. The first-order chi connectivity index (χ1) is 20.1. The van der Waals surface area contributed by atoms with E-state index in [1.807, 2.05) is 48.5 Å². The lowest BCUT2D eigenvalue weighted by atomic mass is 9.87. The third kappa shape index (κ3) is 7.91. The molecule has 0 fully saturated rings. The fourth-order valence-electron chi connectivity index (χ4n) is 4.75. The van der Waals surface area contributed by atoms with Crippen LogP contribution in [0.25, 0.3) is 11.1 Å². The first kappa shape index (κ1) is 30.2. The first-order valence-electron chi connectivity index (χ1n) is 14.1. The summed E-state index contributed by atoms with van der Waals surface area (Å²) < 4.78 is 0. The minimum absolute atomic E-state index is 0.0494. The number of pyridine rings is 1. The number of nitrogens with zero attached hydrogens (tertiary/aromatic N) is 2. The third-order valence-electron chi connectivity index (χ3n) is 7.19. The van der Waals surface area contributed by atoms with Crippen molar-refractivity contribution >= 4 is 17.8 Å². The number of amides is 2. The van der Waals surface area contributed by atoms with Crippen molar-refractivity contribution in [1.82, 2.24) is 15.2 Å². The molecule has 0 aliphatic carbocycles. The quantitative estimate of drug-likeness (QED) is 0.229. The van der Waals surface area contributed by atoms with Crippen LogP contribution in [0.15, 0.2) is 97.3 Å². The maximum Gasteiger partial charge on any atom is 0.305 e. The zero-order valence-corrected chi connectivity index (χ0v) is 24.3. The van der Waals surface area contributed by atoms with E-state index in [-0.39, 0.29) is 30.2 Å². The topological polar surface area (TPSA) is 99.6 Å². The van der Waals surface area contributed by atoms with Gasteiger partial charge in [0.25, 0.3) is 11.8 Å². The molecule has 7 nitrogen and oxygen atoms in total. The van der Waals surface area contributed by atoms with Crippen LogP contribution in [0.2, 0.25) is 0 Å². The fourth-order valence-corrected chi connectivity index (χ4v) is 4.75. The number of rotatable bonds is 11. The maximum atomic E-state index is 13.9. The highest BCUT2D eigenvalue weighted by Gasteiger charge is 2.22. The summed E-state index contributed by atoms with van der Waals surface area (Å²) in [5.41, 5.74) is 5.39. The molecule has 0 saturated heterocycles. The van der Waals surface area contributed by atoms with E-state index in [9.17, 15) is 19.5 Å². The van der Waals surface area contributed by atoms with Crippen LogP contribution >= 0.6 is 0 Å². The second kappa shape index (κ2) is 13.7. The number of benzene rings is 3. The molecular weight excluding hydrogens is 526 g/mol. The minimum atomic E-state index is -0.972. The standard InChI is InChI=1S/C35H37N3O4/c1-35(2,3)27-14-12-26(13-15-27)24-37-33(41)30-10-6-4-8-28(30)29-9-5-7-11-31(29)34(42)38(23-19-32(39)40)22-18-25-16-20-36-21-17-25/h4-17,20-21H,18-19,22-24H2,1-3H3,(H,37,41)(H,39,40). The SMILES string of the molecule is CC(C)(C)c1ccc(CNC(=O)c2ccccc2-c2ccccc2C(=O)N(CCC(=O)O)CCc2ccncc2)cc1. The van der Waals surface area contributed by atoms with Crippen molar-refractivity contribution in [3.8, 4) is 11.1 Å². The van der Waals surface area contributed by atoms with Crippen molar-refractivity contribution in [1.29, 1.82) is 0 Å². The number of carboxylic acids is 1. The van der Waals surface area contributed by atoms with Gasteiger partial charge in [0, 0.05) is 43.2 Å². The molecule has 2 amide bonds. The number of carbonyl (C=O) groups excluding carboxylic acids is 2. The van der Waals surface area contributed by atoms with Gasteiger partial charge < -0.3 is 15.3 Å². The van der Waals surface area contributed by atoms with E-state index in [0.717, 1.165) is 11.1 Å². The second-order valence-electron chi connectivity index (χ2n) is 11.3. The molecule has 0 radical (unpaired) electrons. The van der Waals surface area contributed by atoms with Gasteiger partial charge in [-0.1, -0.05) is 81.4 Å². The predicted octanol–water partition coefficient (Wildman–Crippen LogP) is 6.14.